The van der Waals surface area contributed by atoms with E-state index in [4.69, 9.17) is 4.42 Å². The van der Waals surface area contributed by atoms with Gasteiger partial charge >= 0.3 is 5.97 Å². The van der Waals surface area contributed by atoms with Gasteiger partial charge in [0.05, 0.1) is 7.11 Å². The number of carbonyl (C=O) groups is 2. The summed E-state index contributed by atoms with van der Waals surface area (Å²) in [6.07, 6.45) is 0. The maximum Gasteiger partial charge on any atom is 0.358 e. The molecule has 0 N–H and O–H groups in total. The van der Waals surface area contributed by atoms with Crippen molar-refractivity contribution in [1.29, 1.82) is 0 Å². The van der Waals surface area contributed by atoms with Crippen LogP contribution in [-0.4, -0.2) is 23.8 Å². The number of ketones is 1. The van der Waals surface area contributed by atoms with E-state index < -0.39 is 5.97 Å². The predicted octanol–water partition coefficient (Wildman–Crippen LogP) is 3.15. The topological polar surface area (TPSA) is 69.4 Å². The minimum Gasteiger partial charge on any atom is -0.464 e. The van der Waals surface area contributed by atoms with Gasteiger partial charge in [-0.3, -0.25) is 4.79 Å². The lowest BCUT2D eigenvalue weighted by atomic mass is 10.3. The number of Topliss-reactive ketones (excluding diaryl/α,β-unsaturated/α-hetero) is 1. The average Bonchev–Trinajstić information content (AvgIpc) is 2.93. The van der Waals surface area contributed by atoms with Crippen LogP contribution in [0.25, 0.3) is 10.8 Å². The van der Waals surface area contributed by atoms with E-state index in [0.29, 0.717) is 15.4 Å². The van der Waals surface area contributed by atoms with E-state index in [1.165, 1.54) is 14.0 Å². The molecule has 7 heteroatoms. The van der Waals surface area contributed by atoms with E-state index >= 15 is 0 Å². The number of methoxy groups -OCH3 is 1. The average molecular weight is 330 g/mol. The third-order valence-electron chi connectivity index (χ3n) is 2.11. The van der Waals surface area contributed by atoms with Crippen molar-refractivity contribution in [3.63, 3.8) is 0 Å². The largest absolute Gasteiger partial charge is 0.464 e. The van der Waals surface area contributed by atoms with Crippen LogP contribution in [0.4, 0.5) is 0 Å². The Kier molecular flexibility index (Phi) is 3.63. The van der Waals surface area contributed by atoms with Crippen LogP contribution < -0.4 is 0 Å². The number of esters is 1. The molecule has 5 nitrogen and oxygen atoms in total. The Balaban J connectivity index is 2.52. The summed E-state index contributed by atoms with van der Waals surface area (Å²) in [5.41, 5.74) is 0.0255. The first-order valence-corrected chi connectivity index (χ1v) is 6.49. The highest BCUT2D eigenvalue weighted by atomic mass is 79.9. The molecule has 0 unspecified atom stereocenters. The molecule has 0 aromatic carbocycles. The molecule has 2 aromatic rings. The van der Waals surface area contributed by atoms with E-state index in [1.54, 1.807) is 12.1 Å². The molecule has 0 aliphatic carbocycles. The molecule has 18 heavy (non-hydrogen) atoms. The van der Waals surface area contributed by atoms with Gasteiger partial charge in [-0.2, -0.15) is 0 Å². The molecule has 0 radical (unpaired) electrons. The fraction of sp³-hybridized carbons (Fsp3) is 0.182. The van der Waals surface area contributed by atoms with Gasteiger partial charge in [0.25, 0.3) is 0 Å². The molecular formula is C11H8BrNO4S. The summed E-state index contributed by atoms with van der Waals surface area (Å²) in [5.74, 6) is -0.373. The highest BCUT2D eigenvalue weighted by Gasteiger charge is 2.23. The third kappa shape index (κ3) is 2.37. The molecule has 0 aliphatic heterocycles. The number of carbonyl (C=O) groups excluding carboxylic acids is 2. The Morgan fingerprint density at radius 3 is 2.67 bits per heavy atom. The van der Waals surface area contributed by atoms with Crippen LogP contribution in [0.3, 0.4) is 0 Å². The second-order valence-corrected chi connectivity index (χ2v) is 5.13. The van der Waals surface area contributed by atoms with Crippen molar-refractivity contribution >= 4 is 39.0 Å². The summed E-state index contributed by atoms with van der Waals surface area (Å²) >= 11 is 4.28. The van der Waals surface area contributed by atoms with Gasteiger partial charge in [-0.05, 0) is 28.1 Å². The van der Waals surface area contributed by atoms with Crippen molar-refractivity contribution in [2.24, 2.45) is 0 Å². The van der Waals surface area contributed by atoms with Crippen molar-refractivity contribution < 1.29 is 18.7 Å². The maximum atomic E-state index is 11.5. The van der Waals surface area contributed by atoms with Crippen LogP contribution in [-0.2, 0) is 4.74 Å². The summed E-state index contributed by atoms with van der Waals surface area (Å²) in [5, 5.41) is 0.464. The first-order chi connectivity index (χ1) is 8.52. The van der Waals surface area contributed by atoms with Crippen molar-refractivity contribution in [2.75, 3.05) is 7.11 Å². The minimum absolute atomic E-state index is 0.0255. The van der Waals surface area contributed by atoms with Gasteiger partial charge in [0, 0.05) is 6.92 Å². The number of nitrogens with zero attached hydrogens (tertiary/aromatic N) is 1. The highest BCUT2D eigenvalue weighted by Crippen LogP contribution is 2.31. The second kappa shape index (κ2) is 5.03. The fourth-order valence-electron chi connectivity index (χ4n) is 1.33. The smallest absolute Gasteiger partial charge is 0.358 e. The summed E-state index contributed by atoms with van der Waals surface area (Å²) < 4.78 is 10.5. The van der Waals surface area contributed by atoms with E-state index in [9.17, 15) is 9.59 Å². The molecular weight excluding hydrogens is 322 g/mol. The van der Waals surface area contributed by atoms with Crippen LogP contribution >= 0.6 is 27.3 Å². The number of rotatable bonds is 3. The van der Waals surface area contributed by atoms with Crippen molar-refractivity contribution in [1.82, 2.24) is 4.98 Å². The molecule has 0 spiro atoms. The number of hydrogen-bond donors (Lipinski definition) is 0. The van der Waals surface area contributed by atoms with Crippen LogP contribution in [0.15, 0.2) is 21.2 Å². The maximum absolute atomic E-state index is 11.5. The number of furan rings is 1. The number of ether oxygens (including phenoxy) is 1. The van der Waals surface area contributed by atoms with Gasteiger partial charge in [0.15, 0.2) is 26.9 Å². The van der Waals surface area contributed by atoms with Gasteiger partial charge in [0.2, 0.25) is 0 Å². The molecule has 0 saturated carbocycles. The Bertz CT molecular complexity index is 616. The normalized spacial score (nSPS) is 10.4. The third-order valence-corrected chi connectivity index (χ3v) is 3.71. The zero-order valence-electron chi connectivity index (χ0n) is 9.52. The first-order valence-electron chi connectivity index (χ1n) is 4.88. The van der Waals surface area contributed by atoms with Crippen molar-refractivity contribution in [3.8, 4) is 10.8 Å². The van der Waals surface area contributed by atoms with Gasteiger partial charge < -0.3 is 9.15 Å². The Hall–Kier alpha value is -1.47. The lowest BCUT2D eigenvalue weighted by Gasteiger charge is -1.95. The van der Waals surface area contributed by atoms with E-state index in [-0.39, 0.29) is 16.4 Å². The molecule has 0 bridgehead atoms. The van der Waals surface area contributed by atoms with Crippen LogP contribution in [0.1, 0.15) is 27.1 Å². The van der Waals surface area contributed by atoms with Gasteiger partial charge in [-0.25, -0.2) is 9.78 Å². The fourth-order valence-corrected chi connectivity index (χ4v) is 2.54. The van der Waals surface area contributed by atoms with Gasteiger partial charge in [-0.1, -0.05) is 0 Å². The van der Waals surface area contributed by atoms with Crippen molar-refractivity contribution in [3.05, 3.63) is 27.4 Å². The summed E-state index contributed by atoms with van der Waals surface area (Å²) in [4.78, 5) is 27.3. The highest BCUT2D eigenvalue weighted by molar-refractivity contribution is 9.10. The molecule has 0 amide bonds. The van der Waals surface area contributed by atoms with E-state index in [0.717, 1.165) is 11.3 Å². The summed E-state index contributed by atoms with van der Waals surface area (Å²) in [7, 11) is 1.24. The zero-order chi connectivity index (χ0) is 13.3. The molecule has 0 aliphatic rings. The summed E-state index contributed by atoms with van der Waals surface area (Å²) in [6, 6.07) is 3.41. The number of thiazole rings is 1. The van der Waals surface area contributed by atoms with Crippen LogP contribution in [0.5, 0.6) is 0 Å². The predicted molar refractivity (Wildman–Crippen MR) is 68.9 cm³/mol. The number of halogens is 1. The number of aromatic nitrogens is 1. The Morgan fingerprint density at radius 1 is 1.44 bits per heavy atom. The summed E-state index contributed by atoms with van der Waals surface area (Å²) in [6.45, 7) is 1.38. The van der Waals surface area contributed by atoms with Gasteiger partial charge in [0.1, 0.15) is 4.88 Å². The molecule has 94 valence electrons. The molecule has 0 atom stereocenters. The molecule has 2 heterocycles. The Labute approximate surface area is 115 Å². The molecule has 2 rings (SSSR count). The molecule has 0 saturated heterocycles. The van der Waals surface area contributed by atoms with Gasteiger partial charge in [-0.15, -0.1) is 11.3 Å². The zero-order valence-corrected chi connectivity index (χ0v) is 11.9. The molecule has 0 fully saturated rings. The van der Waals surface area contributed by atoms with E-state index in [1.807, 2.05) is 0 Å². The van der Waals surface area contributed by atoms with E-state index in [2.05, 4.69) is 25.7 Å². The lowest BCUT2D eigenvalue weighted by molar-refractivity contribution is 0.0591. The van der Waals surface area contributed by atoms with Crippen LogP contribution in [0.2, 0.25) is 0 Å². The quantitative estimate of drug-likeness (QED) is 0.639. The monoisotopic (exact) mass is 329 g/mol. The lowest BCUT2D eigenvalue weighted by Crippen LogP contribution is -2.06. The van der Waals surface area contributed by atoms with Crippen LogP contribution in [0, 0.1) is 0 Å². The molecule has 2 aromatic heterocycles. The Morgan fingerprint density at radius 2 is 2.17 bits per heavy atom. The minimum atomic E-state index is -0.631. The second-order valence-electron chi connectivity index (χ2n) is 3.35. The number of hydrogen-bond acceptors (Lipinski definition) is 6. The van der Waals surface area contributed by atoms with Crippen molar-refractivity contribution in [2.45, 2.75) is 6.92 Å². The SMILES string of the molecule is COC(=O)c1nc(-c2ccc(Br)o2)sc1C(C)=O. The standard InChI is InChI=1S/C11H8BrNO4S/c1-5(14)9-8(11(15)16-2)13-10(18-9)6-3-4-7(12)17-6/h3-4H,1-2H3. The first kappa shape index (κ1) is 13.0.